The van der Waals surface area contributed by atoms with Gasteiger partial charge in [0.25, 0.3) is 0 Å². The number of anilines is 1. The molecular formula is C14H16FN3O3S. The summed E-state index contributed by atoms with van der Waals surface area (Å²) in [4.78, 5) is 10.3. The Bertz CT molecular complexity index is 825. The molecule has 1 unspecified atom stereocenters. The molecule has 0 saturated carbocycles. The molecule has 2 heterocycles. The summed E-state index contributed by atoms with van der Waals surface area (Å²) in [5.41, 5.74) is 0.462. The van der Waals surface area contributed by atoms with Gasteiger partial charge in [-0.15, -0.1) is 0 Å². The molecule has 22 heavy (non-hydrogen) atoms. The van der Waals surface area contributed by atoms with Crippen LogP contribution in [0.25, 0.3) is 10.9 Å². The zero-order valence-electron chi connectivity index (χ0n) is 12.3. The van der Waals surface area contributed by atoms with Crippen LogP contribution in [0.1, 0.15) is 6.92 Å². The Morgan fingerprint density at radius 3 is 2.82 bits per heavy atom. The van der Waals surface area contributed by atoms with Crippen molar-refractivity contribution in [1.29, 1.82) is 0 Å². The molecule has 0 bridgehead atoms. The van der Waals surface area contributed by atoms with Crippen molar-refractivity contribution in [1.82, 2.24) is 9.97 Å². The average molecular weight is 325 g/mol. The highest BCUT2D eigenvalue weighted by atomic mass is 32.2. The second-order valence-corrected chi connectivity index (χ2v) is 7.59. The largest absolute Gasteiger partial charge is 0.494 e. The lowest BCUT2D eigenvalue weighted by molar-refractivity contribution is 0.387. The molecule has 2 aromatic rings. The molecule has 1 aliphatic heterocycles. The Balaban J connectivity index is 2.11. The summed E-state index contributed by atoms with van der Waals surface area (Å²) < 4.78 is 42.2. The van der Waals surface area contributed by atoms with Crippen LogP contribution in [0.4, 0.5) is 10.2 Å². The fraction of sp³-hybridized carbons (Fsp3) is 0.429. The zero-order valence-corrected chi connectivity index (χ0v) is 13.1. The number of fused-ring (bicyclic) bond motifs is 1. The van der Waals surface area contributed by atoms with E-state index in [1.165, 1.54) is 19.5 Å². The first kappa shape index (κ1) is 15.0. The smallest absolute Gasteiger partial charge is 0.167 e. The summed E-state index contributed by atoms with van der Waals surface area (Å²) in [6.45, 7) is 2.20. The molecule has 0 aliphatic carbocycles. The van der Waals surface area contributed by atoms with Crippen LogP contribution in [-0.2, 0) is 9.84 Å². The van der Waals surface area contributed by atoms with Crippen molar-refractivity contribution >= 4 is 26.6 Å². The van der Waals surface area contributed by atoms with E-state index >= 15 is 0 Å². The van der Waals surface area contributed by atoms with Crippen molar-refractivity contribution in [2.45, 2.75) is 13.0 Å². The minimum atomic E-state index is -3.02. The van der Waals surface area contributed by atoms with Crippen molar-refractivity contribution in [2.75, 3.05) is 30.1 Å². The van der Waals surface area contributed by atoms with Crippen molar-refractivity contribution in [2.24, 2.45) is 0 Å². The molecule has 1 aromatic heterocycles. The van der Waals surface area contributed by atoms with Crippen LogP contribution in [0.5, 0.6) is 5.75 Å². The van der Waals surface area contributed by atoms with E-state index in [2.05, 4.69) is 9.97 Å². The summed E-state index contributed by atoms with van der Waals surface area (Å²) >= 11 is 0. The molecule has 0 radical (unpaired) electrons. The maximum Gasteiger partial charge on any atom is 0.167 e. The fourth-order valence-electron chi connectivity index (χ4n) is 2.74. The molecule has 6 nitrogen and oxygen atoms in total. The van der Waals surface area contributed by atoms with E-state index < -0.39 is 15.7 Å². The van der Waals surface area contributed by atoms with Gasteiger partial charge in [-0.3, -0.25) is 0 Å². The normalized spacial score (nSPS) is 21.0. The topological polar surface area (TPSA) is 72.4 Å². The van der Waals surface area contributed by atoms with Gasteiger partial charge < -0.3 is 9.64 Å². The third kappa shape index (κ3) is 2.58. The number of sulfone groups is 1. The number of methoxy groups -OCH3 is 1. The summed E-state index contributed by atoms with van der Waals surface area (Å²) in [5.74, 6) is 0.387. The summed E-state index contributed by atoms with van der Waals surface area (Å²) in [6, 6.07) is 2.65. The first-order valence-corrected chi connectivity index (χ1v) is 8.69. The lowest BCUT2D eigenvalue weighted by atomic mass is 10.2. The maximum absolute atomic E-state index is 13.8. The molecule has 0 amide bonds. The predicted molar refractivity (Wildman–Crippen MR) is 81.5 cm³/mol. The second kappa shape index (κ2) is 5.35. The van der Waals surface area contributed by atoms with Gasteiger partial charge in [-0.05, 0) is 13.0 Å². The van der Waals surface area contributed by atoms with E-state index in [4.69, 9.17) is 4.74 Å². The Labute approximate surface area is 127 Å². The zero-order chi connectivity index (χ0) is 15.9. The molecule has 3 rings (SSSR count). The van der Waals surface area contributed by atoms with E-state index in [1.807, 2.05) is 11.8 Å². The van der Waals surface area contributed by atoms with Crippen LogP contribution in [0.3, 0.4) is 0 Å². The third-order valence-corrected chi connectivity index (χ3v) is 5.63. The van der Waals surface area contributed by atoms with Crippen LogP contribution >= 0.6 is 0 Å². The SMILES string of the molecule is COc1cc2c(N3CCS(=O)(=O)CC3C)ncnc2cc1F. The number of halogens is 1. The van der Waals surface area contributed by atoms with Gasteiger partial charge in [-0.2, -0.15) is 0 Å². The van der Waals surface area contributed by atoms with Crippen molar-refractivity contribution in [3.8, 4) is 5.75 Å². The third-order valence-electron chi connectivity index (χ3n) is 3.83. The minimum absolute atomic E-state index is 0.0802. The predicted octanol–water partition coefficient (Wildman–Crippen LogP) is 1.40. The first-order valence-electron chi connectivity index (χ1n) is 6.86. The molecule has 0 spiro atoms. The van der Waals surface area contributed by atoms with E-state index in [0.717, 1.165) is 0 Å². The lowest BCUT2D eigenvalue weighted by Gasteiger charge is -2.34. The van der Waals surface area contributed by atoms with E-state index in [9.17, 15) is 12.8 Å². The Hall–Kier alpha value is -1.96. The molecule has 118 valence electrons. The summed E-state index contributed by atoms with van der Waals surface area (Å²) in [6.07, 6.45) is 1.36. The van der Waals surface area contributed by atoms with Gasteiger partial charge in [0.15, 0.2) is 21.4 Å². The number of rotatable bonds is 2. The molecular weight excluding hydrogens is 309 g/mol. The van der Waals surface area contributed by atoms with E-state index in [0.29, 0.717) is 23.3 Å². The monoisotopic (exact) mass is 325 g/mol. The molecule has 1 aliphatic rings. The fourth-order valence-corrected chi connectivity index (χ4v) is 4.30. The van der Waals surface area contributed by atoms with Gasteiger partial charge >= 0.3 is 0 Å². The van der Waals surface area contributed by atoms with Crippen LogP contribution in [0, 0.1) is 5.82 Å². The summed E-state index contributed by atoms with van der Waals surface area (Å²) in [7, 11) is -1.62. The van der Waals surface area contributed by atoms with Crippen LogP contribution < -0.4 is 9.64 Å². The minimum Gasteiger partial charge on any atom is -0.494 e. The van der Waals surface area contributed by atoms with Crippen LogP contribution in [0.2, 0.25) is 0 Å². The molecule has 1 aromatic carbocycles. The van der Waals surface area contributed by atoms with Crippen molar-refractivity contribution in [3.05, 3.63) is 24.3 Å². The summed E-state index contributed by atoms with van der Waals surface area (Å²) in [5, 5.41) is 0.645. The van der Waals surface area contributed by atoms with Crippen molar-refractivity contribution < 1.29 is 17.5 Å². The molecule has 0 N–H and O–H groups in total. The van der Waals surface area contributed by atoms with E-state index in [-0.39, 0.29) is 23.3 Å². The van der Waals surface area contributed by atoms with Gasteiger partial charge in [-0.1, -0.05) is 0 Å². The Morgan fingerprint density at radius 1 is 1.36 bits per heavy atom. The highest BCUT2D eigenvalue weighted by Crippen LogP contribution is 2.31. The average Bonchev–Trinajstić information content (AvgIpc) is 2.45. The number of hydrogen-bond acceptors (Lipinski definition) is 6. The molecule has 1 fully saturated rings. The number of aromatic nitrogens is 2. The molecule has 1 saturated heterocycles. The van der Waals surface area contributed by atoms with Gasteiger partial charge in [0, 0.05) is 24.0 Å². The number of benzene rings is 1. The Kier molecular flexibility index (Phi) is 3.64. The number of nitrogens with zero attached hydrogens (tertiary/aromatic N) is 3. The highest BCUT2D eigenvalue weighted by molar-refractivity contribution is 7.91. The van der Waals surface area contributed by atoms with Gasteiger partial charge in [0.2, 0.25) is 0 Å². The number of ether oxygens (including phenoxy) is 1. The Morgan fingerprint density at radius 2 is 2.14 bits per heavy atom. The first-order chi connectivity index (χ1) is 10.4. The van der Waals surface area contributed by atoms with Gasteiger partial charge in [0.1, 0.15) is 12.1 Å². The molecule has 1 atom stereocenters. The van der Waals surface area contributed by atoms with E-state index in [1.54, 1.807) is 6.07 Å². The maximum atomic E-state index is 13.8. The van der Waals surface area contributed by atoms with Gasteiger partial charge in [0.05, 0.1) is 24.1 Å². The quantitative estimate of drug-likeness (QED) is 0.831. The number of hydrogen-bond donors (Lipinski definition) is 0. The lowest BCUT2D eigenvalue weighted by Crippen LogP contribution is -2.47. The highest BCUT2D eigenvalue weighted by Gasteiger charge is 2.30. The van der Waals surface area contributed by atoms with Crippen molar-refractivity contribution in [3.63, 3.8) is 0 Å². The van der Waals surface area contributed by atoms with Crippen LogP contribution in [0.15, 0.2) is 18.5 Å². The standard InChI is InChI=1S/C14H16FN3O3S/c1-9-7-22(19,20)4-3-18(9)14-10-5-13(21-2)11(15)6-12(10)16-8-17-14/h5-6,8-9H,3-4,7H2,1-2H3. The second-order valence-electron chi connectivity index (χ2n) is 5.36. The molecule has 8 heteroatoms. The van der Waals surface area contributed by atoms with Crippen LogP contribution in [-0.4, -0.2) is 49.6 Å². The van der Waals surface area contributed by atoms with Gasteiger partial charge in [-0.25, -0.2) is 22.8 Å².